The Morgan fingerprint density at radius 2 is 1.83 bits per heavy atom. The van der Waals surface area contributed by atoms with E-state index < -0.39 is 23.3 Å². The van der Waals surface area contributed by atoms with Gasteiger partial charge < -0.3 is 9.47 Å². The third-order valence-electron chi connectivity index (χ3n) is 3.65. The summed E-state index contributed by atoms with van der Waals surface area (Å²) in [4.78, 5) is 12.7. The molecular weight excluding hydrogens is 413 g/mol. The number of rotatable bonds is 5. The minimum atomic E-state index is -4.38. The van der Waals surface area contributed by atoms with Crippen LogP contribution < -0.4 is 4.74 Å². The van der Waals surface area contributed by atoms with Gasteiger partial charge in [0.05, 0.1) is 11.3 Å². The van der Waals surface area contributed by atoms with Gasteiger partial charge in [-0.05, 0) is 69.7 Å². The molecule has 2 aromatic rings. The van der Waals surface area contributed by atoms with Crippen molar-refractivity contribution in [2.45, 2.75) is 44.4 Å². The maximum atomic E-state index is 12.7. The molecule has 0 saturated carbocycles. The zero-order valence-electron chi connectivity index (χ0n) is 17.2. The van der Waals surface area contributed by atoms with Crippen molar-refractivity contribution >= 4 is 17.7 Å². The van der Waals surface area contributed by atoms with E-state index in [9.17, 15) is 18.0 Å². The molecule has 0 unspecified atom stereocenters. The first-order chi connectivity index (χ1) is 13.9. The minimum Gasteiger partial charge on any atom is -0.482 e. The van der Waals surface area contributed by atoms with Gasteiger partial charge in [0.15, 0.2) is 6.61 Å². The van der Waals surface area contributed by atoms with E-state index in [1.807, 2.05) is 19.1 Å². The van der Waals surface area contributed by atoms with Crippen LogP contribution in [0.25, 0.3) is 0 Å². The molecule has 0 fully saturated rings. The molecule has 30 heavy (non-hydrogen) atoms. The Kier molecular flexibility index (Phi) is 7.85. The number of alkyl halides is 3. The van der Waals surface area contributed by atoms with Crippen molar-refractivity contribution in [1.82, 2.24) is 0 Å². The molecule has 0 bridgehead atoms. The van der Waals surface area contributed by atoms with Gasteiger partial charge in [0.1, 0.15) is 11.4 Å². The third-order valence-corrected chi connectivity index (χ3v) is 4.52. The van der Waals surface area contributed by atoms with Crippen molar-refractivity contribution in [2.75, 3.05) is 12.4 Å². The van der Waals surface area contributed by atoms with E-state index in [0.29, 0.717) is 17.1 Å². The fraction of sp³-hybridized carbons (Fsp3) is 0.348. The van der Waals surface area contributed by atoms with Crippen molar-refractivity contribution in [2.24, 2.45) is 0 Å². The molecule has 0 heterocycles. The van der Waals surface area contributed by atoms with Gasteiger partial charge in [-0.3, -0.25) is 0 Å². The lowest BCUT2D eigenvalue weighted by Gasteiger charge is -2.19. The Hall–Kier alpha value is -2.59. The highest BCUT2D eigenvalue weighted by molar-refractivity contribution is 7.99. The smallest absolute Gasteiger partial charge is 0.416 e. The molecule has 0 spiro atoms. The summed E-state index contributed by atoms with van der Waals surface area (Å²) in [7, 11) is 0. The van der Waals surface area contributed by atoms with Crippen LogP contribution in [0.3, 0.4) is 0 Å². The summed E-state index contributed by atoms with van der Waals surface area (Å²) in [6.45, 7) is 7.06. The van der Waals surface area contributed by atoms with Crippen LogP contribution >= 0.6 is 11.8 Å². The Balaban J connectivity index is 1.90. The van der Waals surface area contributed by atoms with Gasteiger partial charge >= 0.3 is 12.1 Å². The Morgan fingerprint density at radius 3 is 2.47 bits per heavy atom. The number of esters is 1. The number of aryl methyl sites for hydroxylation is 1. The molecule has 0 radical (unpaired) electrons. The average molecular weight is 436 g/mol. The maximum absolute atomic E-state index is 12.7. The van der Waals surface area contributed by atoms with E-state index in [1.165, 1.54) is 17.8 Å². The molecule has 0 amide bonds. The number of hydrogen-bond acceptors (Lipinski definition) is 4. The summed E-state index contributed by atoms with van der Waals surface area (Å²) in [5, 5.41) is 0. The highest BCUT2D eigenvalue weighted by atomic mass is 32.2. The number of benzene rings is 2. The predicted octanol–water partition coefficient (Wildman–Crippen LogP) is 5.88. The van der Waals surface area contributed by atoms with Crippen LogP contribution in [0, 0.1) is 18.8 Å². The molecular formula is C23H23F3O3S. The molecule has 160 valence electrons. The van der Waals surface area contributed by atoms with Crippen LogP contribution in [0.1, 0.15) is 37.5 Å². The minimum absolute atomic E-state index is 0.174. The standard InChI is InChI=1S/C23H23F3O3S/c1-16-13-19(10-11-20(16)28-15-21(27)29-22(2,3)4)30-12-6-8-17-7-5-9-18(14-17)23(24,25)26/h5,7,9-11,13-14H,12,15H2,1-4H3. The lowest BCUT2D eigenvalue weighted by Crippen LogP contribution is -2.27. The second-order valence-electron chi connectivity index (χ2n) is 7.47. The normalized spacial score (nSPS) is 11.4. The topological polar surface area (TPSA) is 35.5 Å². The molecule has 0 aromatic heterocycles. The second kappa shape index (κ2) is 9.94. The van der Waals surface area contributed by atoms with Crippen molar-refractivity contribution in [3.8, 4) is 17.6 Å². The van der Waals surface area contributed by atoms with Crippen molar-refractivity contribution in [3.05, 3.63) is 59.2 Å². The number of halogens is 3. The fourth-order valence-corrected chi connectivity index (χ4v) is 3.15. The van der Waals surface area contributed by atoms with Crippen LogP contribution in [-0.4, -0.2) is 23.9 Å². The molecule has 7 heteroatoms. The van der Waals surface area contributed by atoms with Gasteiger partial charge in [-0.15, -0.1) is 11.8 Å². The van der Waals surface area contributed by atoms with Gasteiger partial charge in [0.2, 0.25) is 0 Å². The van der Waals surface area contributed by atoms with E-state index in [-0.39, 0.29) is 6.61 Å². The molecule has 0 aliphatic carbocycles. The Morgan fingerprint density at radius 1 is 1.10 bits per heavy atom. The van der Waals surface area contributed by atoms with E-state index in [4.69, 9.17) is 9.47 Å². The van der Waals surface area contributed by atoms with Gasteiger partial charge in [0.25, 0.3) is 0 Å². The van der Waals surface area contributed by atoms with Crippen LogP contribution in [0.4, 0.5) is 13.2 Å². The van der Waals surface area contributed by atoms with Crippen molar-refractivity contribution in [1.29, 1.82) is 0 Å². The van der Waals surface area contributed by atoms with Crippen LogP contribution in [0.5, 0.6) is 5.75 Å². The lowest BCUT2D eigenvalue weighted by atomic mass is 10.1. The van der Waals surface area contributed by atoms with Crippen LogP contribution in [-0.2, 0) is 15.7 Å². The lowest BCUT2D eigenvalue weighted by molar-refractivity contribution is -0.157. The summed E-state index contributed by atoms with van der Waals surface area (Å²) in [6.07, 6.45) is -4.38. The fourth-order valence-electron chi connectivity index (χ4n) is 2.41. The third kappa shape index (κ3) is 8.03. The first-order valence-electron chi connectivity index (χ1n) is 9.18. The van der Waals surface area contributed by atoms with E-state index >= 15 is 0 Å². The molecule has 0 saturated heterocycles. The van der Waals surface area contributed by atoms with Gasteiger partial charge in [0, 0.05) is 10.5 Å². The summed E-state index contributed by atoms with van der Waals surface area (Å²) in [5.74, 6) is 6.20. The van der Waals surface area contributed by atoms with Gasteiger partial charge in [-0.25, -0.2) is 4.79 Å². The molecule has 2 aromatic carbocycles. The summed E-state index contributed by atoms with van der Waals surface area (Å²) < 4.78 is 48.9. The SMILES string of the molecule is Cc1cc(SCC#Cc2cccc(C(F)(F)F)c2)ccc1OCC(=O)OC(C)(C)C. The number of thioether (sulfide) groups is 1. The first-order valence-corrected chi connectivity index (χ1v) is 10.2. The van der Waals surface area contributed by atoms with Crippen LogP contribution in [0.2, 0.25) is 0 Å². The van der Waals surface area contributed by atoms with Crippen molar-refractivity contribution < 1.29 is 27.4 Å². The highest BCUT2D eigenvalue weighted by Crippen LogP contribution is 2.29. The molecule has 0 aliphatic rings. The predicted molar refractivity (Wildman–Crippen MR) is 112 cm³/mol. The molecule has 0 atom stereocenters. The van der Waals surface area contributed by atoms with E-state index in [1.54, 1.807) is 32.9 Å². The quantitative estimate of drug-likeness (QED) is 0.333. The maximum Gasteiger partial charge on any atom is 0.416 e. The van der Waals surface area contributed by atoms with Crippen LogP contribution in [0.15, 0.2) is 47.4 Å². The highest BCUT2D eigenvalue weighted by Gasteiger charge is 2.30. The van der Waals surface area contributed by atoms with Crippen molar-refractivity contribution in [3.63, 3.8) is 0 Å². The Labute approximate surface area is 179 Å². The van der Waals surface area contributed by atoms with Gasteiger partial charge in [-0.2, -0.15) is 13.2 Å². The second-order valence-corrected chi connectivity index (χ2v) is 8.52. The molecule has 3 nitrogen and oxygen atoms in total. The Bertz CT molecular complexity index is 951. The zero-order valence-corrected chi connectivity index (χ0v) is 18.0. The molecule has 2 rings (SSSR count). The molecule has 0 N–H and O–H groups in total. The number of carbonyl (C=O) groups excluding carboxylic acids is 1. The summed E-state index contributed by atoms with van der Waals surface area (Å²) in [5.41, 5.74) is -0.0908. The zero-order chi connectivity index (χ0) is 22.4. The number of hydrogen-bond donors (Lipinski definition) is 0. The number of ether oxygens (including phenoxy) is 2. The molecule has 0 aliphatic heterocycles. The summed E-state index contributed by atoms with van der Waals surface area (Å²) >= 11 is 1.46. The summed E-state index contributed by atoms with van der Waals surface area (Å²) in [6, 6.07) is 10.5. The largest absolute Gasteiger partial charge is 0.482 e. The average Bonchev–Trinajstić information content (AvgIpc) is 2.63. The number of carbonyl (C=O) groups is 1. The first kappa shape index (κ1) is 23.7. The van der Waals surface area contributed by atoms with E-state index in [2.05, 4.69) is 11.8 Å². The van der Waals surface area contributed by atoms with Gasteiger partial charge in [-0.1, -0.05) is 17.9 Å². The van der Waals surface area contributed by atoms with E-state index in [0.717, 1.165) is 22.6 Å². The monoisotopic (exact) mass is 436 g/mol.